The first-order valence-corrected chi connectivity index (χ1v) is 7.75. The van der Waals surface area contributed by atoms with Crippen LogP contribution >= 0.6 is 0 Å². The third-order valence-corrected chi connectivity index (χ3v) is 3.51. The molecule has 0 saturated carbocycles. The first-order chi connectivity index (χ1) is 9.36. The molecule has 0 amide bonds. The van der Waals surface area contributed by atoms with Crippen molar-refractivity contribution < 1.29 is 5.11 Å². The zero-order chi connectivity index (χ0) is 13.8. The highest BCUT2D eigenvalue weighted by molar-refractivity contribution is 5.15. The van der Waals surface area contributed by atoms with Crippen LogP contribution in [0.3, 0.4) is 0 Å². The number of rotatable bonds is 11. The summed E-state index contributed by atoms with van der Waals surface area (Å²) in [7, 11) is 0. The van der Waals surface area contributed by atoms with Gasteiger partial charge in [-0.2, -0.15) is 0 Å². The van der Waals surface area contributed by atoms with Gasteiger partial charge in [0.1, 0.15) is 0 Å². The van der Waals surface area contributed by atoms with Crippen molar-refractivity contribution in [3.63, 3.8) is 0 Å². The quantitative estimate of drug-likeness (QED) is 0.599. The second-order valence-corrected chi connectivity index (χ2v) is 5.29. The van der Waals surface area contributed by atoms with E-state index in [2.05, 4.69) is 36.5 Å². The molecule has 19 heavy (non-hydrogen) atoms. The summed E-state index contributed by atoms with van der Waals surface area (Å²) >= 11 is 0. The lowest BCUT2D eigenvalue weighted by Gasteiger charge is -2.16. The Morgan fingerprint density at radius 2 is 1.68 bits per heavy atom. The highest BCUT2D eigenvalue weighted by Gasteiger charge is 2.06. The van der Waals surface area contributed by atoms with Gasteiger partial charge < -0.3 is 10.4 Å². The van der Waals surface area contributed by atoms with Gasteiger partial charge in [-0.15, -0.1) is 0 Å². The largest absolute Gasteiger partial charge is 0.395 e. The van der Waals surface area contributed by atoms with Crippen molar-refractivity contribution >= 4 is 0 Å². The van der Waals surface area contributed by atoms with Crippen LogP contribution in [-0.2, 0) is 6.42 Å². The lowest BCUT2D eigenvalue weighted by Crippen LogP contribution is -2.35. The molecule has 0 aromatic heterocycles. The third-order valence-electron chi connectivity index (χ3n) is 3.51. The number of aliphatic hydroxyl groups excluding tert-OH is 1. The van der Waals surface area contributed by atoms with E-state index >= 15 is 0 Å². The van der Waals surface area contributed by atoms with Gasteiger partial charge >= 0.3 is 0 Å². The predicted molar refractivity (Wildman–Crippen MR) is 82.4 cm³/mol. The van der Waals surface area contributed by atoms with Crippen molar-refractivity contribution in [2.24, 2.45) is 0 Å². The number of benzene rings is 1. The minimum atomic E-state index is 0.193. The maximum absolute atomic E-state index is 9.40. The van der Waals surface area contributed by atoms with Gasteiger partial charge in [-0.05, 0) is 24.9 Å². The zero-order valence-corrected chi connectivity index (χ0v) is 12.3. The first kappa shape index (κ1) is 16.2. The van der Waals surface area contributed by atoms with Crippen molar-refractivity contribution in [3.8, 4) is 0 Å². The Bertz CT molecular complexity index is 299. The van der Waals surface area contributed by atoms with E-state index < -0.39 is 0 Å². The Hall–Kier alpha value is -0.860. The monoisotopic (exact) mass is 263 g/mol. The van der Waals surface area contributed by atoms with Gasteiger partial charge in [0.05, 0.1) is 6.61 Å². The molecule has 0 fully saturated rings. The summed E-state index contributed by atoms with van der Waals surface area (Å²) < 4.78 is 0. The molecule has 0 radical (unpaired) electrons. The summed E-state index contributed by atoms with van der Waals surface area (Å²) in [6.07, 6.45) is 8.81. The number of hydrogen-bond donors (Lipinski definition) is 2. The van der Waals surface area contributed by atoms with Crippen LogP contribution in [0.4, 0.5) is 0 Å². The molecular weight excluding hydrogens is 234 g/mol. The van der Waals surface area contributed by atoms with Crippen molar-refractivity contribution in [2.75, 3.05) is 13.2 Å². The number of aliphatic hydroxyl groups is 1. The predicted octanol–water partition coefficient (Wildman–Crippen LogP) is 3.54. The Labute approximate surface area is 118 Å². The molecular formula is C17H29NO. The van der Waals surface area contributed by atoms with Gasteiger partial charge in [0.15, 0.2) is 0 Å². The Morgan fingerprint density at radius 1 is 1.00 bits per heavy atom. The van der Waals surface area contributed by atoms with E-state index in [4.69, 9.17) is 0 Å². The summed E-state index contributed by atoms with van der Waals surface area (Å²) in [5.41, 5.74) is 1.29. The maximum Gasteiger partial charge on any atom is 0.0587 e. The fourth-order valence-electron chi connectivity index (χ4n) is 2.31. The average Bonchev–Trinajstić information content (AvgIpc) is 2.46. The van der Waals surface area contributed by atoms with E-state index in [1.54, 1.807) is 0 Å². The van der Waals surface area contributed by atoms with Crippen molar-refractivity contribution in [3.05, 3.63) is 35.9 Å². The smallest absolute Gasteiger partial charge is 0.0587 e. The first-order valence-electron chi connectivity index (χ1n) is 7.75. The van der Waals surface area contributed by atoms with Crippen LogP contribution in [0.1, 0.15) is 51.0 Å². The van der Waals surface area contributed by atoms with E-state index in [0.717, 1.165) is 13.0 Å². The van der Waals surface area contributed by atoms with Crippen LogP contribution in [0.25, 0.3) is 0 Å². The molecule has 0 heterocycles. The SMILES string of the molecule is CCCCCCCCN[C@H](CO)Cc1ccccc1. The molecule has 0 aliphatic heterocycles. The minimum absolute atomic E-state index is 0.193. The summed E-state index contributed by atoms with van der Waals surface area (Å²) in [5, 5.41) is 12.9. The molecule has 0 saturated heterocycles. The highest BCUT2D eigenvalue weighted by Crippen LogP contribution is 2.05. The van der Waals surface area contributed by atoms with E-state index in [9.17, 15) is 5.11 Å². The van der Waals surface area contributed by atoms with Crippen LogP contribution in [0.15, 0.2) is 30.3 Å². The Morgan fingerprint density at radius 3 is 2.37 bits per heavy atom. The summed E-state index contributed by atoms with van der Waals surface area (Å²) in [6.45, 7) is 3.48. The summed E-state index contributed by atoms with van der Waals surface area (Å²) in [4.78, 5) is 0. The lowest BCUT2D eigenvalue weighted by atomic mass is 10.1. The van der Waals surface area contributed by atoms with Crippen LogP contribution in [0.5, 0.6) is 0 Å². The van der Waals surface area contributed by atoms with E-state index in [1.165, 1.54) is 44.1 Å². The van der Waals surface area contributed by atoms with E-state index in [-0.39, 0.29) is 12.6 Å². The molecule has 0 unspecified atom stereocenters. The Balaban J connectivity index is 2.09. The Kier molecular flexibility index (Phi) is 9.38. The van der Waals surface area contributed by atoms with Crippen LogP contribution in [0.2, 0.25) is 0 Å². The molecule has 108 valence electrons. The minimum Gasteiger partial charge on any atom is -0.395 e. The second kappa shape index (κ2) is 11.0. The molecule has 2 nitrogen and oxygen atoms in total. The van der Waals surface area contributed by atoms with Crippen LogP contribution < -0.4 is 5.32 Å². The summed E-state index contributed by atoms with van der Waals surface area (Å²) in [6, 6.07) is 10.6. The number of nitrogens with one attached hydrogen (secondary N) is 1. The zero-order valence-electron chi connectivity index (χ0n) is 12.3. The fourth-order valence-corrected chi connectivity index (χ4v) is 2.31. The topological polar surface area (TPSA) is 32.3 Å². The van der Waals surface area contributed by atoms with Gasteiger partial charge in [0.25, 0.3) is 0 Å². The van der Waals surface area contributed by atoms with Crippen LogP contribution in [-0.4, -0.2) is 24.3 Å². The van der Waals surface area contributed by atoms with Gasteiger partial charge in [-0.3, -0.25) is 0 Å². The number of unbranched alkanes of at least 4 members (excludes halogenated alkanes) is 5. The van der Waals surface area contributed by atoms with Crippen molar-refractivity contribution in [1.82, 2.24) is 5.32 Å². The fraction of sp³-hybridized carbons (Fsp3) is 0.647. The highest BCUT2D eigenvalue weighted by atomic mass is 16.3. The molecule has 1 aromatic carbocycles. The molecule has 0 aliphatic carbocycles. The van der Waals surface area contributed by atoms with Gasteiger partial charge in [0, 0.05) is 6.04 Å². The van der Waals surface area contributed by atoms with Crippen molar-refractivity contribution in [2.45, 2.75) is 57.9 Å². The number of hydrogen-bond acceptors (Lipinski definition) is 2. The van der Waals surface area contributed by atoms with Gasteiger partial charge in [0.2, 0.25) is 0 Å². The molecule has 2 heteroatoms. The van der Waals surface area contributed by atoms with Crippen LogP contribution in [0, 0.1) is 0 Å². The summed E-state index contributed by atoms with van der Waals surface area (Å²) in [5.74, 6) is 0. The third kappa shape index (κ3) is 8.02. The molecule has 0 bridgehead atoms. The molecule has 1 rings (SSSR count). The molecule has 0 spiro atoms. The van der Waals surface area contributed by atoms with E-state index in [1.807, 2.05) is 6.07 Å². The average molecular weight is 263 g/mol. The maximum atomic E-state index is 9.40. The van der Waals surface area contributed by atoms with Crippen molar-refractivity contribution in [1.29, 1.82) is 0 Å². The molecule has 2 N–H and O–H groups in total. The molecule has 1 aromatic rings. The molecule has 0 aliphatic rings. The second-order valence-electron chi connectivity index (χ2n) is 5.29. The lowest BCUT2D eigenvalue weighted by molar-refractivity contribution is 0.241. The normalized spacial score (nSPS) is 12.5. The van der Waals surface area contributed by atoms with Gasteiger partial charge in [-0.1, -0.05) is 69.4 Å². The van der Waals surface area contributed by atoms with Gasteiger partial charge in [-0.25, -0.2) is 0 Å². The standard InChI is InChI=1S/C17H29NO/c1-2-3-4-5-6-10-13-18-17(15-19)14-16-11-8-7-9-12-16/h7-9,11-12,17-19H,2-6,10,13-15H2,1H3/t17-/m0/s1. The van der Waals surface area contributed by atoms with E-state index in [0.29, 0.717) is 0 Å². The molecule has 1 atom stereocenters.